The highest BCUT2D eigenvalue weighted by molar-refractivity contribution is 9.10. The molecule has 1 aromatic carbocycles. The van der Waals surface area contributed by atoms with E-state index < -0.39 is 0 Å². The van der Waals surface area contributed by atoms with Crippen LogP contribution in [0, 0.1) is 11.7 Å². The molecule has 3 unspecified atom stereocenters. The van der Waals surface area contributed by atoms with Gasteiger partial charge in [-0.2, -0.15) is 0 Å². The predicted octanol–water partition coefficient (Wildman–Crippen LogP) is 5.21. The lowest BCUT2D eigenvalue weighted by atomic mass is 9.95. The molecule has 2 rings (SSSR count). The van der Waals surface area contributed by atoms with Crippen molar-refractivity contribution < 1.29 is 4.39 Å². The van der Waals surface area contributed by atoms with Crippen LogP contribution in [-0.2, 0) is 0 Å². The second kappa shape index (κ2) is 6.85. The molecule has 1 nitrogen and oxygen atoms in total. The summed E-state index contributed by atoms with van der Waals surface area (Å²) in [6, 6.07) is 5.91. The summed E-state index contributed by atoms with van der Waals surface area (Å²) >= 11 is 3.30. The van der Waals surface area contributed by atoms with Gasteiger partial charge in [-0.15, -0.1) is 0 Å². The van der Waals surface area contributed by atoms with Gasteiger partial charge in [0.1, 0.15) is 5.82 Å². The van der Waals surface area contributed by atoms with Gasteiger partial charge in [0, 0.05) is 22.1 Å². The molecule has 0 heterocycles. The number of rotatable bonds is 3. The Kier molecular flexibility index (Phi) is 5.40. The molecule has 1 fully saturated rings. The van der Waals surface area contributed by atoms with Gasteiger partial charge < -0.3 is 5.32 Å². The highest BCUT2D eigenvalue weighted by Crippen LogP contribution is 2.27. The molecule has 19 heavy (non-hydrogen) atoms. The SMILES string of the molecule is CC(NC1CCCCCC1C)c1ccc(Br)cc1F. The van der Waals surface area contributed by atoms with Gasteiger partial charge in [0.2, 0.25) is 0 Å². The Bertz CT molecular complexity index is 421. The monoisotopic (exact) mass is 327 g/mol. The van der Waals surface area contributed by atoms with Crippen LogP contribution in [0.25, 0.3) is 0 Å². The van der Waals surface area contributed by atoms with Crippen LogP contribution in [-0.4, -0.2) is 6.04 Å². The summed E-state index contributed by atoms with van der Waals surface area (Å²) in [6.07, 6.45) is 6.46. The number of nitrogens with one attached hydrogen (secondary N) is 1. The van der Waals surface area contributed by atoms with Crippen LogP contribution in [0.5, 0.6) is 0 Å². The standard InChI is InChI=1S/C16H23BrFN/c1-11-6-4-3-5-7-16(11)19-12(2)14-9-8-13(17)10-15(14)18/h8-12,16,19H,3-7H2,1-2H3. The van der Waals surface area contributed by atoms with Gasteiger partial charge in [-0.05, 0) is 37.8 Å². The lowest BCUT2D eigenvalue weighted by Gasteiger charge is -2.27. The molecular formula is C16H23BrFN. The van der Waals surface area contributed by atoms with Crippen molar-refractivity contribution in [1.82, 2.24) is 5.32 Å². The fraction of sp³-hybridized carbons (Fsp3) is 0.625. The zero-order valence-electron chi connectivity index (χ0n) is 11.8. The van der Waals surface area contributed by atoms with Crippen LogP contribution in [0.1, 0.15) is 57.6 Å². The second-order valence-corrected chi connectivity index (χ2v) is 6.69. The van der Waals surface area contributed by atoms with Crippen LogP contribution < -0.4 is 5.32 Å². The Labute approximate surface area is 124 Å². The maximum Gasteiger partial charge on any atom is 0.129 e. The third-order valence-electron chi connectivity index (χ3n) is 4.25. The van der Waals surface area contributed by atoms with Gasteiger partial charge in [0.05, 0.1) is 0 Å². The lowest BCUT2D eigenvalue weighted by molar-refractivity contribution is 0.327. The molecule has 0 spiro atoms. The van der Waals surface area contributed by atoms with E-state index in [0.717, 1.165) is 10.0 Å². The topological polar surface area (TPSA) is 12.0 Å². The summed E-state index contributed by atoms with van der Waals surface area (Å²) in [5, 5.41) is 3.63. The maximum absolute atomic E-state index is 14.0. The van der Waals surface area contributed by atoms with Gasteiger partial charge in [0.15, 0.2) is 0 Å². The Morgan fingerprint density at radius 2 is 2.00 bits per heavy atom. The maximum atomic E-state index is 14.0. The van der Waals surface area contributed by atoms with Gasteiger partial charge in [0.25, 0.3) is 0 Å². The second-order valence-electron chi connectivity index (χ2n) is 5.78. The minimum atomic E-state index is -0.129. The van der Waals surface area contributed by atoms with E-state index in [0.29, 0.717) is 12.0 Å². The highest BCUT2D eigenvalue weighted by atomic mass is 79.9. The molecule has 0 saturated heterocycles. The largest absolute Gasteiger partial charge is 0.307 e. The average molecular weight is 328 g/mol. The molecule has 1 aliphatic carbocycles. The minimum Gasteiger partial charge on any atom is -0.307 e. The van der Waals surface area contributed by atoms with Crippen molar-refractivity contribution >= 4 is 15.9 Å². The predicted molar refractivity (Wildman–Crippen MR) is 81.7 cm³/mol. The number of benzene rings is 1. The molecule has 1 N–H and O–H groups in total. The van der Waals surface area contributed by atoms with E-state index in [2.05, 4.69) is 35.1 Å². The number of hydrogen-bond acceptors (Lipinski definition) is 1. The quantitative estimate of drug-likeness (QED) is 0.751. The molecule has 1 aliphatic rings. The molecule has 0 aliphatic heterocycles. The summed E-state index contributed by atoms with van der Waals surface area (Å²) in [7, 11) is 0. The first kappa shape index (κ1) is 15.0. The Morgan fingerprint density at radius 1 is 1.26 bits per heavy atom. The van der Waals surface area contributed by atoms with Gasteiger partial charge in [-0.1, -0.05) is 48.2 Å². The molecule has 0 aromatic heterocycles. The Morgan fingerprint density at radius 3 is 2.74 bits per heavy atom. The van der Waals surface area contributed by atoms with E-state index in [1.54, 1.807) is 6.07 Å². The van der Waals surface area contributed by atoms with Crippen molar-refractivity contribution in [3.63, 3.8) is 0 Å². The van der Waals surface area contributed by atoms with E-state index >= 15 is 0 Å². The molecule has 1 aromatic rings. The molecule has 0 radical (unpaired) electrons. The normalized spacial score (nSPS) is 25.9. The van der Waals surface area contributed by atoms with Gasteiger partial charge >= 0.3 is 0 Å². The zero-order valence-corrected chi connectivity index (χ0v) is 13.3. The fourth-order valence-electron chi connectivity index (χ4n) is 3.00. The Hall–Kier alpha value is -0.410. The first-order valence-electron chi connectivity index (χ1n) is 7.29. The number of hydrogen-bond donors (Lipinski definition) is 1. The summed E-state index contributed by atoms with van der Waals surface area (Å²) in [5.41, 5.74) is 0.764. The lowest BCUT2D eigenvalue weighted by Crippen LogP contribution is -2.36. The highest BCUT2D eigenvalue weighted by Gasteiger charge is 2.22. The molecule has 106 valence electrons. The minimum absolute atomic E-state index is 0.0682. The van der Waals surface area contributed by atoms with Gasteiger partial charge in [-0.25, -0.2) is 4.39 Å². The van der Waals surface area contributed by atoms with E-state index in [4.69, 9.17) is 0 Å². The molecule has 0 amide bonds. The molecule has 3 heteroatoms. The van der Waals surface area contributed by atoms with Crippen molar-refractivity contribution in [1.29, 1.82) is 0 Å². The summed E-state index contributed by atoms with van der Waals surface area (Å²) in [4.78, 5) is 0. The van der Waals surface area contributed by atoms with Crippen LogP contribution in [0.4, 0.5) is 4.39 Å². The third-order valence-corrected chi connectivity index (χ3v) is 4.75. The van der Waals surface area contributed by atoms with Crippen molar-refractivity contribution in [2.24, 2.45) is 5.92 Å². The molecular weight excluding hydrogens is 305 g/mol. The van der Waals surface area contributed by atoms with E-state index in [1.165, 1.54) is 32.1 Å². The van der Waals surface area contributed by atoms with Crippen molar-refractivity contribution in [2.75, 3.05) is 0 Å². The smallest absolute Gasteiger partial charge is 0.129 e. The Balaban J connectivity index is 2.04. The molecule has 3 atom stereocenters. The average Bonchev–Trinajstić information content (AvgIpc) is 2.55. The summed E-state index contributed by atoms with van der Waals surface area (Å²) < 4.78 is 14.8. The summed E-state index contributed by atoms with van der Waals surface area (Å²) in [6.45, 7) is 4.37. The molecule has 1 saturated carbocycles. The molecule has 0 bridgehead atoms. The van der Waals surface area contributed by atoms with E-state index in [1.807, 2.05) is 12.1 Å². The van der Waals surface area contributed by atoms with Crippen LogP contribution in [0.2, 0.25) is 0 Å². The van der Waals surface area contributed by atoms with Crippen molar-refractivity contribution in [3.05, 3.63) is 34.1 Å². The van der Waals surface area contributed by atoms with Crippen LogP contribution in [0.15, 0.2) is 22.7 Å². The van der Waals surface area contributed by atoms with Gasteiger partial charge in [-0.3, -0.25) is 0 Å². The number of halogens is 2. The summed E-state index contributed by atoms with van der Waals surface area (Å²) in [5.74, 6) is 0.555. The van der Waals surface area contributed by atoms with E-state index in [-0.39, 0.29) is 11.9 Å². The zero-order chi connectivity index (χ0) is 13.8. The van der Waals surface area contributed by atoms with Crippen LogP contribution in [0.3, 0.4) is 0 Å². The van der Waals surface area contributed by atoms with Crippen molar-refractivity contribution in [2.45, 2.75) is 58.0 Å². The first-order chi connectivity index (χ1) is 9.08. The first-order valence-corrected chi connectivity index (χ1v) is 8.08. The van der Waals surface area contributed by atoms with Crippen molar-refractivity contribution in [3.8, 4) is 0 Å². The van der Waals surface area contributed by atoms with E-state index in [9.17, 15) is 4.39 Å². The third kappa shape index (κ3) is 4.03. The fourth-order valence-corrected chi connectivity index (χ4v) is 3.34. The van der Waals surface area contributed by atoms with Crippen LogP contribution >= 0.6 is 15.9 Å².